The molecule has 2 unspecified atom stereocenters. The molecule has 3 heterocycles. The molecule has 35 heavy (non-hydrogen) atoms. The molecule has 5 rings (SSSR count). The predicted octanol–water partition coefficient (Wildman–Crippen LogP) is 3.02. The molecule has 2 saturated heterocycles. The lowest BCUT2D eigenvalue weighted by Gasteiger charge is -2.37. The number of nitrogens with one attached hydrogen (secondary N) is 1. The van der Waals surface area contributed by atoms with Crippen molar-refractivity contribution in [3.05, 3.63) is 66.4 Å². The van der Waals surface area contributed by atoms with Gasteiger partial charge in [-0.05, 0) is 42.8 Å². The SMILES string of the molecule is COc1ccc(-c2nn(-c3ccccc3)cc2C(=O)NCC(C2CCOC2)N2CCOCC2)cc1. The van der Waals surface area contributed by atoms with Crippen molar-refractivity contribution in [2.45, 2.75) is 12.5 Å². The minimum atomic E-state index is -0.129. The predicted molar refractivity (Wildman–Crippen MR) is 133 cm³/mol. The van der Waals surface area contributed by atoms with Gasteiger partial charge in [0.05, 0.1) is 38.2 Å². The normalized spacial score (nSPS) is 19.4. The number of morpholine rings is 1. The van der Waals surface area contributed by atoms with Crippen LogP contribution in [-0.4, -0.2) is 79.8 Å². The minimum Gasteiger partial charge on any atom is -0.497 e. The van der Waals surface area contributed by atoms with Crippen LogP contribution in [0.1, 0.15) is 16.8 Å². The van der Waals surface area contributed by atoms with Crippen LogP contribution in [0.2, 0.25) is 0 Å². The van der Waals surface area contributed by atoms with Crippen LogP contribution in [0.3, 0.4) is 0 Å². The Labute approximate surface area is 205 Å². The molecule has 2 aromatic carbocycles. The van der Waals surface area contributed by atoms with Gasteiger partial charge in [-0.25, -0.2) is 4.68 Å². The van der Waals surface area contributed by atoms with Crippen LogP contribution in [-0.2, 0) is 9.47 Å². The lowest BCUT2D eigenvalue weighted by atomic mass is 9.96. The molecule has 8 nitrogen and oxygen atoms in total. The third kappa shape index (κ3) is 5.40. The standard InChI is InChI=1S/C27H32N4O4/c1-33-23-9-7-20(8-10-23)26-24(18-31(29-26)22-5-3-2-4-6-22)27(32)28-17-25(21-11-14-35-19-21)30-12-15-34-16-13-30/h2-10,18,21,25H,11-17,19H2,1H3,(H,28,32). The molecule has 0 bridgehead atoms. The zero-order chi connectivity index (χ0) is 24.0. The van der Waals surface area contributed by atoms with Gasteiger partial charge in [0.15, 0.2) is 0 Å². The van der Waals surface area contributed by atoms with Crippen molar-refractivity contribution in [1.29, 1.82) is 0 Å². The zero-order valence-corrected chi connectivity index (χ0v) is 20.1. The summed E-state index contributed by atoms with van der Waals surface area (Å²) >= 11 is 0. The summed E-state index contributed by atoms with van der Waals surface area (Å²) in [4.78, 5) is 16.0. The minimum absolute atomic E-state index is 0.129. The highest BCUT2D eigenvalue weighted by molar-refractivity contribution is 6.00. The number of nitrogens with zero attached hydrogens (tertiary/aromatic N) is 3. The Morgan fingerprint density at radius 3 is 2.54 bits per heavy atom. The molecule has 1 amide bonds. The summed E-state index contributed by atoms with van der Waals surface area (Å²) in [6.07, 6.45) is 2.83. The highest BCUT2D eigenvalue weighted by atomic mass is 16.5. The summed E-state index contributed by atoms with van der Waals surface area (Å²) in [5, 5.41) is 8.01. The maximum absolute atomic E-state index is 13.5. The largest absolute Gasteiger partial charge is 0.497 e. The van der Waals surface area contributed by atoms with Gasteiger partial charge in [0.1, 0.15) is 11.4 Å². The van der Waals surface area contributed by atoms with E-state index in [4.69, 9.17) is 19.3 Å². The molecular weight excluding hydrogens is 444 g/mol. The van der Waals surface area contributed by atoms with E-state index in [2.05, 4.69) is 10.2 Å². The molecule has 3 aromatic rings. The molecular formula is C27H32N4O4. The summed E-state index contributed by atoms with van der Waals surface area (Å²) in [5.41, 5.74) is 2.94. The number of ether oxygens (including phenoxy) is 3. The second kappa shape index (κ2) is 11.0. The number of aromatic nitrogens is 2. The van der Waals surface area contributed by atoms with Crippen molar-refractivity contribution in [3.63, 3.8) is 0 Å². The number of amides is 1. The summed E-state index contributed by atoms with van der Waals surface area (Å²) < 4.78 is 18.3. The molecule has 2 aliphatic rings. The highest BCUT2D eigenvalue weighted by Crippen LogP contribution is 2.27. The van der Waals surface area contributed by atoms with E-state index in [9.17, 15) is 4.79 Å². The van der Waals surface area contributed by atoms with Crippen LogP contribution in [0.4, 0.5) is 0 Å². The van der Waals surface area contributed by atoms with Crippen LogP contribution in [0.25, 0.3) is 16.9 Å². The Morgan fingerprint density at radius 1 is 1.09 bits per heavy atom. The number of hydrogen-bond donors (Lipinski definition) is 1. The fraction of sp³-hybridized carbons (Fsp3) is 0.407. The van der Waals surface area contributed by atoms with Gasteiger partial charge in [0, 0.05) is 50.0 Å². The molecule has 1 N–H and O–H groups in total. The molecule has 1 aromatic heterocycles. The van der Waals surface area contributed by atoms with E-state index in [1.165, 1.54) is 0 Å². The third-order valence-corrected chi connectivity index (χ3v) is 6.84. The number of methoxy groups -OCH3 is 1. The van der Waals surface area contributed by atoms with Crippen molar-refractivity contribution >= 4 is 5.91 Å². The van der Waals surface area contributed by atoms with Gasteiger partial charge < -0.3 is 19.5 Å². The monoisotopic (exact) mass is 476 g/mol. The van der Waals surface area contributed by atoms with Gasteiger partial charge >= 0.3 is 0 Å². The number of carbonyl (C=O) groups excluding carboxylic acids is 1. The fourth-order valence-corrected chi connectivity index (χ4v) is 4.87. The molecule has 0 saturated carbocycles. The first-order valence-electron chi connectivity index (χ1n) is 12.2. The van der Waals surface area contributed by atoms with Crippen molar-refractivity contribution < 1.29 is 19.0 Å². The van der Waals surface area contributed by atoms with Gasteiger partial charge in [-0.1, -0.05) is 18.2 Å². The molecule has 2 atom stereocenters. The maximum Gasteiger partial charge on any atom is 0.255 e. The smallest absolute Gasteiger partial charge is 0.255 e. The first-order chi connectivity index (χ1) is 17.2. The van der Waals surface area contributed by atoms with Crippen LogP contribution < -0.4 is 10.1 Å². The van der Waals surface area contributed by atoms with Gasteiger partial charge in [-0.15, -0.1) is 0 Å². The van der Waals surface area contributed by atoms with E-state index >= 15 is 0 Å². The number of carbonyl (C=O) groups is 1. The van der Waals surface area contributed by atoms with Gasteiger partial charge in [-0.2, -0.15) is 5.10 Å². The number of rotatable bonds is 8. The Hall–Kier alpha value is -3.20. The van der Waals surface area contributed by atoms with E-state index in [1.54, 1.807) is 11.8 Å². The first-order valence-corrected chi connectivity index (χ1v) is 12.2. The summed E-state index contributed by atoms with van der Waals surface area (Å²) in [5.74, 6) is 1.03. The van der Waals surface area contributed by atoms with Crippen LogP contribution in [0, 0.1) is 5.92 Å². The van der Waals surface area contributed by atoms with Crippen molar-refractivity contribution in [2.75, 3.05) is 53.2 Å². The van der Waals surface area contributed by atoms with Crippen molar-refractivity contribution in [2.24, 2.45) is 5.92 Å². The Balaban J connectivity index is 1.40. The van der Waals surface area contributed by atoms with Crippen molar-refractivity contribution in [1.82, 2.24) is 20.0 Å². The van der Waals surface area contributed by atoms with Crippen LogP contribution >= 0.6 is 0 Å². The Kier molecular flexibility index (Phi) is 7.42. The van der Waals surface area contributed by atoms with Crippen molar-refractivity contribution in [3.8, 4) is 22.7 Å². The van der Waals surface area contributed by atoms with E-state index in [1.807, 2.05) is 60.8 Å². The lowest BCUT2D eigenvalue weighted by molar-refractivity contribution is 0.00166. The number of benzene rings is 2. The molecule has 2 fully saturated rings. The molecule has 184 valence electrons. The van der Waals surface area contributed by atoms with Gasteiger partial charge in [0.25, 0.3) is 5.91 Å². The molecule has 0 radical (unpaired) electrons. The van der Waals surface area contributed by atoms with E-state index in [0.717, 1.165) is 62.9 Å². The molecule has 2 aliphatic heterocycles. The summed E-state index contributed by atoms with van der Waals surface area (Å²) in [6, 6.07) is 17.7. The topological polar surface area (TPSA) is 77.9 Å². The zero-order valence-electron chi connectivity index (χ0n) is 20.1. The second-order valence-electron chi connectivity index (χ2n) is 8.95. The molecule has 0 aliphatic carbocycles. The van der Waals surface area contributed by atoms with Gasteiger partial charge in [-0.3, -0.25) is 9.69 Å². The summed E-state index contributed by atoms with van der Waals surface area (Å²) in [7, 11) is 1.64. The lowest BCUT2D eigenvalue weighted by Crippen LogP contribution is -2.52. The fourth-order valence-electron chi connectivity index (χ4n) is 4.87. The quantitative estimate of drug-likeness (QED) is 0.539. The number of hydrogen-bond acceptors (Lipinski definition) is 6. The van der Waals surface area contributed by atoms with Crippen LogP contribution in [0.15, 0.2) is 60.8 Å². The number of para-hydroxylation sites is 1. The van der Waals surface area contributed by atoms with E-state index < -0.39 is 0 Å². The molecule has 0 spiro atoms. The third-order valence-electron chi connectivity index (χ3n) is 6.84. The average Bonchev–Trinajstić information content (AvgIpc) is 3.61. The highest BCUT2D eigenvalue weighted by Gasteiger charge is 2.32. The second-order valence-corrected chi connectivity index (χ2v) is 8.95. The molecule has 8 heteroatoms. The van der Waals surface area contributed by atoms with E-state index in [0.29, 0.717) is 23.7 Å². The Bertz CT molecular complexity index is 1100. The van der Waals surface area contributed by atoms with Crippen LogP contribution in [0.5, 0.6) is 5.75 Å². The average molecular weight is 477 g/mol. The Morgan fingerprint density at radius 2 is 1.86 bits per heavy atom. The first kappa shape index (κ1) is 23.5. The van der Waals surface area contributed by atoms with Gasteiger partial charge in [0.2, 0.25) is 0 Å². The summed E-state index contributed by atoms with van der Waals surface area (Å²) in [6.45, 7) is 5.28. The maximum atomic E-state index is 13.5. The van der Waals surface area contributed by atoms with E-state index in [-0.39, 0.29) is 11.9 Å².